The summed E-state index contributed by atoms with van der Waals surface area (Å²) >= 11 is 0. The van der Waals surface area contributed by atoms with Crippen molar-refractivity contribution < 1.29 is 22.7 Å². The Balaban J connectivity index is 1.97. The number of benzene rings is 2. The van der Waals surface area contributed by atoms with E-state index < -0.39 is 28.3 Å². The first-order valence-corrected chi connectivity index (χ1v) is 8.96. The lowest BCUT2D eigenvalue weighted by atomic mass is 10.1. The van der Waals surface area contributed by atoms with Gasteiger partial charge in [0.15, 0.2) is 16.4 Å². The monoisotopic (exact) mass is 358 g/mol. The van der Waals surface area contributed by atoms with E-state index in [0.29, 0.717) is 5.56 Å². The van der Waals surface area contributed by atoms with Crippen LogP contribution in [0.5, 0.6) is 0 Å². The van der Waals surface area contributed by atoms with Gasteiger partial charge in [-0.3, -0.25) is 4.79 Å². The second kappa shape index (κ2) is 7.59. The van der Waals surface area contributed by atoms with Crippen molar-refractivity contribution in [2.75, 3.05) is 18.2 Å². The molecule has 0 aromatic heterocycles. The van der Waals surface area contributed by atoms with Crippen molar-refractivity contribution in [2.24, 2.45) is 0 Å². The molecule has 0 spiro atoms. The van der Waals surface area contributed by atoms with Crippen LogP contribution in [0, 0.1) is 11.3 Å². The fourth-order valence-electron chi connectivity index (χ4n) is 1.93. The van der Waals surface area contributed by atoms with E-state index in [2.05, 4.69) is 5.32 Å². The first-order chi connectivity index (χ1) is 11.8. The maximum Gasteiger partial charge on any atom is 0.338 e. The molecule has 0 heterocycles. The molecule has 0 radical (unpaired) electrons. The number of hydrogen-bond acceptors (Lipinski definition) is 6. The van der Waals surface area contributed by atoms with E-state index in [0.717, 1.165) is 6.26 Å². The first-order valence-electron chi connectivity index (χ1n) is 7.07. The van der Waals surface area contributed by atoms with Crippen LogP contribution in [0.1, 0.15) is 15.9 Å². The van der Waals surface area contributed by atoms with E-state index >= 15 is 0 Å². The van der Waals surface area contributed by atoms with E-state index in [-0.39, 0.29) is 16.1 Å². The molecular weight excluding hydrogens is 344 g/mol. The number of amides is 1. The van der Waals surface area contributed by atoms with Crippen molar-refractivity contribution in [3.8, 4) is 6.07 Å². The molecule has 0 aliphatic rings. The minimum absolute atomic E-state index is 0.0654. The van der Waals surface area contributed by atoms with Crippen LogP contribution in [0.2, 0.25) is 0 Å². The van der Waals surface area contributed by atoms with Crippen LogP contribution in [0.25, 0.3) is 0 Å². The van der Waals surface area contributed by atoms with Crippen molar-refractivity contribution in [3.05, 3.63) is 59.7 Å². The zero-order chi connectivity index (χ0) is 18.4. The van der Waals surface area contributed by atoms with Crippen LogP contribution in [-0.4, -0.2) is 33.2 Å². The Morgan fingerprint density at radius 3 is 2.56 bits per heavy atom. The standard InChI is InChI=1S/C17H14N2O5S/c1-25(22,23)15-7-3-6-14(9-15)19-16(20)11-24-17(21)13-5-2-4-12(8-13)10-18/h2-9H,11H2,1H3,(H,19,20). The van der Waals surface area contributed by atoms with Gasteiger partial charge in [0, 0.05) is 11.9 Å². The van der Waals surface area contributed by atoms with Gasteiger partial charge in [-0.15, -0.1) is 0 Å². The molecule has 0 bridgehead atoms. The Hall–Kier alpha value is -3.18. The third kappa shape index (κ3) is 5.16. The number of esters is 1. The van der Waals surface area contributed by atoms with Gasteiger partial charge in [-0.05, 0) is 36.4 Å². The van der Waals surface area contributed by atoms with Crippen LogP contribution in [0.3, 0.4) is 0 Å². The predicted octanol–water partition coefficient (Wildman–Crippen LogP) is 1.76. The smallest absolute Gasteiger partial charge is 0.338 e. The number of carbonyl (C=O) groups excluding carboxylic acids is 2. The quantitative estimate of drug-likeness (QED) is 0.815. The lowest BCUT2D eigenvalue weighted by molar-refractivity contribution is -0.119. The summed E-state index contributed by atoms with van der Waals surface area (Å²) in [6.45, 7) is -0.543. The zero-order valence-electron chi connectivity index (χ0n) is 13.2. The molecule has 2 rings (SSSR count). The highest BCUT2D eigenvalue weighted by atomic mass is 32.2. The van der Waals surface area contributed by atoms with Crippen LogP contribution >= 0.6 is 0 Å². The molecule has 2 aromatic carbocycles. The molecule has 0 unspecified atom stereocenters. The highest BCUT2D eigenvalue weighted by molar-refractivity contribution is 7.90. The SMILES string of the molecule is CS(=O)(=O)c1cccc(NC(=O)COC(=O)c2cccc(C#N)c2)c1. The number of hydrogen-bond donors (Lipinski definition) is 1. The third-order valence-corrected chi connectivity index (χ3v) is 4.22. The summed E-state index contributed by atoms with van der Waals surface area (Å²) in [5.74, 6) is -1.35. The average Bonchev–Trinajstić information content (AvgIpc) is 2.59. The van der Waals surface area contributed by atoms with Gasteiger partial charge in [0.2, 0.25) is 0 Å². The predicted molar refractivity (Wildman–Crippen MR) is 89.6 cm³/mol. The minimum Gasteiger partial charge on any atom is -0.452 e. The molecule has 0 fully saturated rings. The number of nitrogens with zero attached hydrogens (tertiary/aromatic N) is 1. The summed E-state index contributed by atoms with van der Waals surface area (Å²) in [5, 5.41) is 11.2. The van der Waals surface area contributed by atoms with Gasteiger partial charge in [0.05, 0.1) is 22.1 Å². The van der Waals surface area contributed by atoms with Crippen LogP contribution < -0.4 is 5.32 Å². The molecule has 0 aliphatic heterocycles. The molecule has 128 valence electrons. The number of carbonyl (C=O) groups is 2. The summed E-state index contributed by atoms with van der Waals surface area (Å²) in [4.78, 5) is 23.8. The second-order valence-corrected chi connectivity index (χ2v) is 7.13. The maximum atomic E-state index is 11.9. The van der Waals surface area contributed by atoms with E-state index in [1.165, 1.54) is 48.5 Å². The minimum atomic E-state index is -3.39. The van der Waals surface area contributed by atoms with Crippen molar-refractivity contribution in [1.29, 1.82) is 5.26 Å². The fraction of sp³-hybridized carbons (Fsp3) is 0.118. The summed E-state index contributed by atoms with van der Waals surface area (Å²) in [7, 11) is -3.39. The van der Waals surface area contributed by atoms with E-state index in [4.69, 9.17) is 10.00 Å². The average molecular weight is 358 g/mol. The number of rotatable bonds is 5. The van der Waals surface area contributed by atoms with Gasteiger partial charge in [-0.2, -0.15) is 5.26 Å². The zero-order valence-corrected chi connectivity index (χ0v) is 14.0. The Morgan fingerprint density at radius 1 is 1.16 bits per heavy atom. The van der Waals surface area contributed by atoms with Gasteiger partial charge >= 0.3 is 5.97 Å². The Bertz CT molecular complexity index is 961. The molecule has 25 heavy (non-hydrogen) atoms. The molecule has 7 nitrogen and oxygen atoms in total. The van der Waals surface area contributed by atoms with Crippen LogP contribution in [0.4, 0.5) is 5.69 Å². The Morgan fingerprint density at radius 2 is 1.88 bits per heavy atom. The first kappa shape index (κ1) is 18.2. The Kier molecular flexibility index (Phi) is 5.52. The topological polar surface area (TPSA) is 113 Å². The molecule has 1 N–H and O–H groups in total. The van der Waals surface area contributed by atoms with Crippen LogP contribution in [0.15, 0.2) is 53.4 Å². The maximum absolute atomic E-state index is 11.9. The molecular formula is C17H14N2O5S. The molecule has 1 amide bonds. The molecule has 0 aliphatic carbocycles. The van der Waals surface area contributed by atoms with Crippen molar-refractivity contribution >= 4 is 27.4 Å². The molecule has 0 saturated heterocycles. The molecule has 0 saturated carbocycles. The number of ether oxygens (including phenoxy) is 1. The lowest BCUT2D eigenvalue weighted by Crippen LogP contribution is -2.21. The van der Waals surface area contributed by atoms with Gasteiger partial charge in [0.25, 0.3) is 5.91 Å². The lowest BCUT2D eigenvalue weighted by Gasteiger charge is -2.08. The van der Waals surface area contributed by atoms with Gasteiger partial charge < -0.3 is 10.1 Å². The summed E-state index contributed by atoms with van der Waals surface area (Å²) in [6, 6.07) is 13.5. The second-order valence-electron chi connectivity index (χ2n) is 5.12. The van der Waals surface area contributed by atoms with E-state index in [9.17, 15) is 18.0 Å². The van der Waals surface area contributed by atoms with E-state index in [1.807, 2.05) is 6.07 Å². The number of nitriles is 1. The van der Waals surface area contributed by atoms with Gasteiger partial charge in [0.1, 0.15) is 0 Å². The van der Waals surface area contributed by atoms with Crippen LogP contribution in [-0.2, 0) is 19.4 Å². The molecule has 8 heteroatoms. The summed E-state index contributed by atoms with van der Waals surface area (Å²) < 4.78 is 27.9. The van der Waals surface area contributed by atoms with E-state index in [1.54, 1.807) is 0 Å². The van der Waals surface area contributed by atoms with Gasteiger partial charge in [-0.1, -0.05) is 12.1 Å². The normalized spacial score (nSPS) is 10.6. The molecule has 2 aromatic rings. The highest BCUT2D eigenvalue weighted by Gasteiger charge is 2.12. The highest BCUT2D eigenvalue weighted by Crippen LogP contribution is 2.15. The third-order valence-electron chi connectivity index (χ3n) is 3.11. The largest absolute Gasteiger partial charge is 0.452 e. The van der Waals surface area contributed by atoms with Crippen molar-refractivity contribution in [3.63, 3.8) is 0 Å². The number of sulfone groups is 1. The van der Waals surface area contributed by atoms with Gasteiger partial charge in [-0.25, -0.2) is 13.2 Å². The summed E-state index contributed by atoms with van der Waals surface area (Å²) in [6.07, 6.45) is 1.06. The fourth-order valence-corrected chi connectivity index (χ4v) is 2.60. The molecule has 0 atom stereocenters. The number of anilines is 1. The summed E-state index contributed by atoms with van der Waals surface area (Å²) in [5.41, 5.74) is 0.734. The Labute approximate surface area is 144 Å². The van der Waals surface area contributed by atoms with Crippen molar-refractivity contribution in [2.45, 2.75) is 4.90 Å². The van der Waals surface area contributed by atoms with Crippen molar-refractivity contribution in [1.82, 2.24) is 0 Å². The number of nitrogens with one attached hydrogen (secondary N) is 1.